The van der Waals surface area contributed by atoms with E-state index < -0.39 is 85.1 Å². The fourth-order valence-electron chi connectivity index (χ4n) is 6.72. The predicted octanol–water partition coefficient (Wildman–Crippen LogP) is 1.24. The molecule has 2 aromatic carbocycles. The first-order chi connectivity index (χ1) is 27.5. The molecule has 1 unspecified atom stereocenters. The number of hydroxylamine groups is 1. The van der Waals surface area contributed by atoms with Crippen LogP contribution in [0.25, 0.3) is 0 Å². The Morgan fingerprint density at radius 3 is 1.95 bits per heavy atom. The minimum absolute atomic E-state index is 0.0407. The topological polar surface area (TPSA) is 264 Å². The molecule has 58 heavy (non-hydrogen) atoms. The van der Waals surface area contributed by atoms with Gasteiger partial charge < -0.3 is 36.0 Å². The van der Waals surface area contributed by atoms with E-state index in [4.69, 9.17) is 14.9 Å². The zero-order valence-corrected chi connectivity index (χ0v) is 33.1. The van der Waals surface area contributed by atoms with E-state index in [0.29, 0.717) is 25.2 Å². The lowest BCUT2D eigenvalue weighted by molar-refractivity contribution is -0.143. The third kappa shape index (κ3) is 16.5. The number of ether oxygens (including phenoxy) is 1. The van der Waals surface area contributed by atoms with Gasteiger partial charge in [-0.1, -0.05) is 50.2 Å². The van der Waals surface area contributed by atoms with E-state index in [1.54, 1.807) is 48.8 Å². The number of carboxylic acids is 3. The fraction of sp³-hybridized carbons (Fsp3) is 0.525. The van der Waals surface area contributed by atoms with E-state index in [2.05, 4.69) is 16.0 Å². The third-order valence-electron chi connectivity index (χ3n) is 9.79. The van der Waals surface area contributed by atoms with Gasteiger partial charge in [-0.2, -0.15) is 0 Å². The maximum atomic E-state index is 13.8. The molecule has 0 fully saturated rings. The Morgan fingerprint density at radius 2 is 1.40 bits per heavy atom. The number of benzene rings is 2. The van der Waals surface area contributed by atoms with Gasteiger partial charge in [0.2, 0.25) is 23.6 Å². The maximum Gasteiger partial charge on any atom is 0.317 e. The molecule has 0 saturated heterocycles. The molecule has 2 bridgehead atoms. The monoisotopic (exact) mass is 812 g/mol. The first kappa shape index (κ1) is 46.8. The Labute approximate surface area is 337 Å². The van der Waals surface area contributed by atoms with Gasteiger partial charge in [0.25, 0.3) is 0 Å². The summed E-state index contributed by atoms with van der Waals surface area (Å²) in [5, 5.41) is 45.7. The number of carbonyl (C=O) groups excluding carboxylic acids is 4. The van der Waals surface area contributed by atoms with Crippen molar-refractivity contribution in [1.29, 1.82) is 0 Å². The molecule has 0 aliphatic carbocycles. The number of amides is 4. The number of hydrogen-bond acceptors (Lipinski definition) is 11. The normalized spacial score (nSPS) is 17.8. The lowest BCUT2D eigenvalue weighted by atomic mass is 9.81. The summed E-state index contributed by atoms with van der Waals surface area (Å²) < 4.78 is 5.83. The second-order valence-electron chi connectivity index (χ2n) is 15.0. The van der Waals surface area contributed by atoms with E-state index in [9.17, 15) is 43.9 Å². The number of rotatable bonds is 20. The Bertz CT molecular complexity index is 1690. The summed E-state index contributed by atoms with van der Waals surface area (Å²) in [6.07, 6.45) is 1.47. The van der Waals surface area contributed by atoms with E-state index in [0.717, 1.165) is 16.7 Å². The molecule has 18 heteroatoms. The van der Waals surface area contributed by atoms with Crippen LogP contribution in [0.3, 0.4) is 0 Å². The summed E-state index contributed by atoms with van der Waals surface area (Å²) >= 11 is 0. The van der Waals surface area contributed by atoms with Gasteiger partial charge in [-0.05, 0) is 67.3 Å². The van der Waals surface area contributed by atoms with Crippen LogP contribution in [0.5, 0.6) is 5.75 Å². The van der Waals surface area contributed by atoms with Crippen molar-refractivity contribution in [3.8, 4) is 5.75 Å². The second-order valence-corrected chi connectivity index (χ2v) is 15.0. The Morgan fingerprint density at radius 1 is 0.810 bits per heavy atom. The van der Waals surface area contributed by atoms with Gasteiger partial charge in [0.15, 0.2) is 0 Å². The first-order valence-corrected chi connectivity index (χ1v) is 19.2. The van der Waals surface area contributed by atoms with Crippen molar-refractivity contribution in [1.82, 2.24) is 31.2 Å². The highest BCUT2D eigenvalue weighted by Crippen LogP contribution is 2.27. The van der Waals surface area contributed by atoms with Gasteiger partial charge in [0.05, 0.1) is 38.7 Å². The highest BCUT2D eigenvalue weighted by Gasteiger charge is 2.36. The van der Waals surface area contributed by atoms with Gasteiger partial charge in [-0.15, -0.1) is 0 Å². The molecule has 2 heterocycles. The summed E-state index contributed by atoms with van der Waals surface area (Å²) in [6, 6.07) is 12.8. The lowest BCUT2D eigenvalue weighted by Crippen LogP contribution is -2.51. The molecule has 0 saturated carbocycles. The molecule has 4 atom stereocenters. The SMILES string of the molecule is CC(C)C[C@H]1C(=O)N[C@H](C(=O)NCc2ccc(CNC(=O)CN(CCC(C)N(CC(=O)O)CC(=O)O)CC(=O)O)cc2)Cc2ccc(cc2)OCCC[C@@H]1C(=O)NO. The molecular weight excluding hydrogens is 756 g/mol. The molecule has 8 N–H and O–H groups in total. The molecule has 18 nitrogen and oxygen atoms in total. The Kier molecular flexibility index (Phi) is 19.0. The highest BCUT2D eigenvalue weighted by atomic mass is 16.5. The number of nitrogens with one attached hydrogen (secondary N) is 4. The zero-order valence-electron chi connectivity index (χ0n) is 33.1. The van der Waals surface area contributed by atoms with Gasteiger partial charge >= 0.3 is 17.9 Å². The maximum absolute atomic E-state index is 13.8. The van der Waals surface area contributed by atoms with Crippen LogP contribution in [-0.2, 0) is 53.1 Å². The quantitative estimate of drug-likeness (QED) is 0.0691. The van der Waals surface area contributed by atoms with E-state index in [-0.39, 0.29) is 51.4 Å². The third-order valence-corrected chi connectivity index (χ3v) is 9.79. The molecule has 0 radical (unpaired) electrons. The van der Waals surface area contributed by atoms with Gasteiger partial charge in [0, 0.05) is 38.0 Å². The molecular formula is C40H56N6O12. The van der Waals surface area contributed by atoms with Crippen molar-refractivity contribution in [2.24, 2.45) is 17.8 Å². The molecule has 0 spiro atoms. The lowest BCUT2D eigenvalue weighted by Gasteiger charge is -2.29. The molecule has 0 aromatic heterocycles. The number of hydrogen-bond donors (Lipinski definition) is 8. The van der Waals surface area contributed by atoms with Crippen molar-refractivity contribution >= 4 is 41.5 Å². The fourth-order valence-corrected chi connectivity index (χ4v) is 6.72. The first-order valence-electron chi connectivity index (χ1n) is 19.2. The molecule has 4 amide bonds. The number of carbonyl (C=O) groups is 7. The van der Waals surface area contributed by atoms with Crippen LogP contribution >= 0.6 is 0 Å². The average Bonchev–Trinajstić information content (AvgIpc) is 3.16. The molecule has 2 aliphatic heterocycles. The van der Waals surface area contributed by atoms with Crippen LogP contribution in [0.1, 0.15) is 63.1 Å². The average molecular weight is 813 g/mol. The van der Waals surface area contributed by atoms with Crippen molar-refractivity contribution < 1.29 is 58.8 Å². The second kappa shape index (κ2) is 23.6. The highest BCUT2D eigenvalue weighted by molar-refractivity contribution is 5.91. The molecule has 4 rings (SSSR count). The van der Waals surface area contributed by atoms with E-state index in [1.165, 1.54) is 9.80 Å². The Hall–Kier alpha value is -5.59. The molecule has 2 aliphatic rings. The van der Waals surface area contributed by atoms with Crippen LogP contribution in [0.2, 0.25) is 0 Å². The van der Waals surface area contributed by atoms with E-state index >= 15 is 0 Å². The van der Waals surface area contributed by atoms with Crippen LogP contribution in [0.4, 0.5) is 0 Å². The van der Waals surface area contributed by atoms with Crippen molar-refractivity contribution in [3.63, 3.8) is 0 Å². The Balaban J connectivity index is 1.62. The van der Waals surface area contributed by atoms with Crippen LogP contribution in [0, 0.1) is 17.8 Å². The standard InChI is InChI=1S/C40H56N6O12/c1-25(2)17-32-31(39(55)44-57)5-4-16-58-30-12-10-27(11-13-30)18-33(43-38(32)54)40(56)42-20-29-8-6-28(7-9-29)19-41-34(47)21-45(22-35(48)49)15-14-26(3)46(23-36(50)51)24-37(52)53/h6-13,25-26,31-33,57H,4-5,14-24H2,1-3H3,(H,41,47)(H,42,56)(H,43,54)(H,44,55)(H,48,49)(H,50,51)(H,52,53)/t26?,31-,32+,33-/m0/s1. The van der Waals surface area contributed by atoms with Crippen molar-refractivity contribution in [2.75, 3.05) is 39.3 Å². The number of nitrogens with zero attached hydrogens (tertiary/aromatic N) is 2. The summed E-state index contributed by atoms with van der Waals surface area (Å²) in [4.78, 5) is 89.5. The van der Waals surface area contributed by atoms with Gasteiger partial charge in [0.1, 0.15) is 11.8 Å². The van der Waals surface area contributed by atoms with E-state index in [1.807, 2.05) is 26.0 Å². The molecule has 2 aromatic rings. The van der Waals surface area contributed by atoms with Gasteiger partial charge in [-0.3, -0.25) is 48.6 Å². The van der Waals surface area contributed by atoms with Crippen LogP contribution in [0.15, 0.2) is 48.5 Å². The van der Waals surface area contributed by atoms with Crippen LogP contribution in [-0.4, -0.2) is 123 Å². The summed E-state index contributed by atoms with van der Waals surface area (Å²) in [7, 11) is 0. The summed E-state index contributed by atoms with van der Waals surface area (Å²) in [5.74, 6) is -6.60. The minimum Gasteiger partial charge on any atom is -0.494 e. The molecule has 318 valence electrons. The van der Waals surface area contributed by atoms with Gasteiger partial charge in [-0.25, -0.2) is 5.48 Å². The number of fused-ring (bicyclic) bond motifs is 11. The smallest absolute Gasteiger partial charge is 0.317 e. The predicted molar refractivity (Wildman–Crippen MR) is 208 cm³/mol. The summed E-state index contributed by atoms with van der Waals surface area (Å²) in [6.45, 7) is 4.42. The number of aliphatic carboxylic acids is 3. The van der Waals surface area contributed by atoms with Crippen molar-refractivity contribution in [2.45, 2.75) is 78.0 Å². The summed E-state index contributed by atoms with van der Waals surface area (Å²) in [5.41, 5.74) is 3.94. The van der Waals surface area contributed by atoms with Crippen LogP contribution < -0.4 is 26.2 Å². The number of carboxylic acid groups (broad SMARTS) is 3. The minimum atomic E-state index is -1.20. The van der Waals surface area contributed by atoms with Crippen molar-refractivity contribution in [3.05, 3.63) is 65.2 Å². The largest absolute Gasteiger partial charge is 0.494 e. The zero-order chi connectivity index (χ0) is 42.8.